The van der Waals surface area contributed by atoms with Crippen molar-refractivity contribution in [2.24, 2.45) is 10.9 Å². The quantitative estimate of drug-likeness (QED) is 0.601. The summed E-state index contributed by atoms with van der Waals surface area (Å²) in [4.78, 5) is 10.6. The average molecular weight is 308 g/mol. The van der Waals surface area contributed by atoms with Gasteiger partial charge in [-0.3, -0.25) is 4.99 Å². The van der Waals surface area contributed by atoms with Crippen molar-refractivity contribution < 1.29 is 0 Å². The van der Waals surface area contributed by atoms with E-state index in [-0.39, 0.29) is 0 Å². The Kier molecular flexibility index (Phi) is 6.03. The number of hydrogen-bond acceptors (Lipinski definition) is 3. The molecule has 1 aromatic rings. The molecule has 4 nitrogen and oxygen atoms in total. The lowest BCUT2D eigenvalue weighted by Gasteiger charge is -2.10. The molecule has 118 valence electrons. The van der Waals surface area contributed by atoms with Crippen LogP contribution in [0.4, 0.5) is 0 Å². The van der Waals surface area contributed by atoms with Gasteiger partial charge in [-0.05, 0) is 39.5 Å². The summed E-state index contributed by atoms with van der Waals surface area (Å²) in [6, 6.07) is 0.632. The maximum absolute atomic E-state index is 4.68. The number of aromatic nitrogens is 1. The summed E-state index contributed by atoms with van der Waals surface area (Å²) in [6.45, 7) is 10.3. The SMILES string of the molecule is CCCC1CC1NC(=NCCc1nc(C)c(C)s1)NCC. The molecule has 1 aromatic heterocycles. The first-order valence-electron chi connectivity index (χ1n) is 8.11. The zero-order chi connectivity index (χ0) is 15.2. The Morgan fingerprint density at radius 1 is 1.38 bits per heavy atom. The van der Waals surface area contributed by atoms with Crippen molar-refractivity contribution in [1.82, 2.24) is 15.6 Å². The number of hydrogen-bond donors (Lipinski definition) is 2. The fourth-order valence-electron chi connectivity index (χ4n) is 2.52. The summed E-state index contributed by atoms with van der Waals surface area (Å²) < 4.78 is 0. The lowest BCUT2D eigenvalue weighted by atomic mass is 10.2. The van der Waals surface area contributed by atoms with Crippen LogP contribution in [-0.2, 0) is 6.42 Å². The molecule has 1 saturated carbocycles. The van der Waals surface area contributed by atoms with Crippen molar-refractivity contribution in [3.8, 4) is 0 Å². The van der Waals surface area contributed by atoms with Gasteiger partial charge in [-0.1, -0.05) is 13.3 Å². The van der Waals surface area contributed by atoms with Gasteiger partial charge in [-0.2, -0.15) is 0 Å². The minimum absolute atomic E-state index is 0.632. The Labute approximate surface area is 132 Å². The number of guanidine groups is 1. The first kappa shape index (κ1) is 16.3. The fourth-order valence-corrected chi connectivity index (χ4v) is 3.44. The molecule has 2 rings (SSSR count). The van der Waals surface area contributed by atoms with Gasteiger partial charge in [0.15, 0.2) is 5.96 Å². The molecule has 1 heterocycles. The van der Waals surface area contributed by atoms with Crippen LogP contribution in [0.1, 0.15) is 48.7 Å². The summed E-state index contributed by atoms with van der Waals surface area (Å²) in [5.74, 6) is 1.81. The van der Waals surface area contributed by atoms with E-state index in [1.807, 2.05) is 0 Å². The molecule has 0 aromatic carbocycles. The van der Waals surface area contributed by atoms with E-state index in [2.05, 4.69) is 48.3 Å². The van der Waals surface area contributed by atoms with Gasteiger partial charge in [0.1, 0.15) is 0 Å². The van der Waals surface area contributed by atoms with Crippen molar-refractivity contribution in [1.29, 1.82) is 0 Å². The van der Waals surface area contributed by atoms with Gasteiger partial charge in [0.2, 0.25) is 0 Å². The molecule has 0 aliphatic heterocycles. The minimum Gasteiger partial charge on any atom is -0.357 e. The lowest BCUT2D eigenvalue weighted by molar-refractivity contribution is 0.655. The predicted octanol–water partition coefficient (Wildman–Crippen LogP) is 3.05. The number of aryl methyl sites for hydroxylation is 2. The second-order valence-corrected chi connectivity index (χ2v) is 7.08. The lowest BCUT2D eigenvalue weighted by Crippen LogP contribution is -2.39. The second kappa shape index (κ2) is 7.78. The van der Waals surface area contributed by atoms with Gasteiger partial charge in [-0.15, -0.1) is 11.3 Å². The van der Waals surface area contributed by atoms with Gasteiger partial charge in [-0.25, -0.2) is 4.98 Å². The van der Waals surface area contributed by atoms with Gasteiger partial charge >= 0.3 is 0 Å². The third kappa shape index (κ3) is 4.99. The van der Waals surface area contributed by atoms with Gasteiger partial charge < -0.3 is 10.6 Å². The molecule has 1 aliphatic carbocycles. The molecule has 0 spiro atoms. The molecule has 5 heteroatoms. The van der Waals surface area contributed by atoms with Crippen molar-refractivity contribution in [3.05, 3.63) is 15.6 Å². The van der Waals surface area contributed by atoms with E-state index in [0.717, 1.165) is 37.1 Å². The molecule has 0 bridgehead atoms. The molecule has 0 saturated heterocycles. The number of thiazole rings is 1. The van der Waals surface area contributed by atoms with Crippen LogP contribution in [0, 0.1) is 19.8 Å². The highest BCUT2D eigenvalue weighted by atomic mass is 32.1. The highest BCUT2D eigenvalue weighted by Gasteiger charge is 2.36. The Hall–Kier alpha value is -1.10. The Balaban J connectivity index is 1.80. The number of nitrogens with one attached hydrogen (secondary N) is 2. The monoisotopic (exact) mass is 308 g/mol. The van der Waals surface area contributed by atoms with Crippen molar-refractivity contribution >= 4 is 17.3 Å². The highest BCUT2D eigenvalue weighted by Crippen LogP contribution is 2.34. The zero-order valence-corrected chi connectivity index (χ0v) is 14.5. The van der Waals surface area contributed by atoms with Crippen LogP contribution in [0.25, 0.3) is 0 Å². The van der Waals surface area contributed by atoms with Crippen LogP contribution in [-0.4, -0.2) is 30.1 Å². The largest absolute Gasteiger partial charge is 0.357 e. The van der Waals surface area contributed by atoms with Crippen LogP contribution in [0.2, 0.25) is 0 Å². The van der Waals surface area contributed by atoms with Gasteiger partial charge in [0.05, 0.1) is 10.7 Å². The van der Waals surface area contributed by atoms with Crippen molar-refractivity contribution in [3.63, 3.8) is 0 Å². The molecule has 0 radical (unpaired) electrons. The van der Waals surface area contributed by atoms with Crippen LogP contribution in [0.3, 0.4) is 0 Å². The predicted molar refractivity (Wildman–Crippen MR) is 91.2 cm³/mol. The minimum atomic E-state index is 0.632. The Bertz CT molecular complexity index is 461. The summed E-state index contributed by atoms with van der Waals surface area (Å²) in [6.07, 6.45) is 4.83. The normalized spacial score (nSPS) is 21.4. The number of aliphatic imine (C=N–C) groups is 1. The topological polar surface area (TPSA) is 49.3 Å². The molecule has 2 N–H and O–H groups in total. The van der Waals surface area contributed by atoms with E-state index < -0.39 is 0 Å². The summed E-state index contributed by atoms with van der Waals surface area (Å²) >= 11 is 1.79. The first-order valence-corrected chi connectivity index (χ1v) is 8.93. The van der Waals surface area contributed by atoms with Gasteiger partial charge in [0, 0.05) is 30.4 Å². The van der Waals surface area contributed by atoms with E-state index in [1.165, 1.54) is 29.1 Å². The molecule has 0 amide bonds. The summed E-state index contributed by atoms with van der Waals surface area (Å²) in [7, 11) is 0. The van der Waals surface area contributed by atoms with E-state index in [0.29, 0.717) is 6.04 Å². The van der Waals surface area contributed by atoms with E-state index in [1.54, 1.807) is 11.3 Å². The molecule has 21 heavy (non-hydrogen) atoms. The van der Waals surface area contributed by atoms with Crippen LogP contribution >= 0.6 is 11.3 Å². The summed E-state index contributed by atoms with van der Waals surface area (Å²) in [5, 5.41) is 8.09. The van der Waals surface area contributed by atoms with E-state index in [9.17, 15) is 0 Å². The van der Waals surface area contributed by atoms with Crippen molar-refractivity contribution in [2.75, 3.05) is 13.1 Å². The van der Waals surface area contributed by atoms with E-state index >= 15 is 0 Å². The standard InChI is InChI=1S/C16H28N4S/c1-5-7-13-10-14(13)20-16(17-6-2)18-9-8-15-19-11(3)12(4)21-15/h13-14H,5-10H2,1-4H3,(H2,17,18,20). The number of nitrogens with zero attached hydrogens (tertiary/aromatic N) is 2. The smallest absolute Gasteiger partial charge is 0.191 e. The fraction of sp³-hybridized carbons (Fsp3) is 0.750. The molecule has 2 atom stereocenters. The van der Waals surface area contributed by atoms with Crippen LogP contribution in [0.5, 0.6) is 0 Å². The molecular formula is C16H28N4S. The third-order valence-electron chi connectivity index (χ3n) is 3.92. The Morgan fingerprint density at radius 2 is 2.19 bits per heavy atom. The zero-order valence-electron chi connectivity index (χ0n) is 13.7. The summed E-state index contributed by atoms with van der Waals surface area (Å²) in [5.41, 5.74) is 1.16. The highest BCUT2D eigenvalue weighted by molar-refractivity contribution is 7.11. The van der Waals surface area contributed by atoms with E-state index in [4.69, 9.17) is 0 Å². The molecule has 2 unspecified atom stereocenters. The second-order valence-electron chi connectivity index (χ2n) is 5.80. The van der Waals surface area contributed by atoms with Crippen LogP contribution < -0.4 is 10.6 Å². The molecular weight excluding hydrogens is 280 g/mol. The third-order valence-corrected chi connectivity index (χ3v) is 5.05. The number of rotatable bonds is 7. The average Bonchev–Trinajstić information content (AvgIpc) is 3.08. The Morgan fingerprint density at radius 3 is 2.81 bits per heavy atom. The van der Waals surface area contributed by atoms with Gasteiger partial charge in [0.25, 0.3) is 0 Å². The molecule has 1 fully saturated rings. The van der Waals surface area contributed by atoms with Crippen molar-refractivity contribution in [2.45, 2.75) is 59.4 Å². The first-order chi connectivity index (χ1) is 10.1. The molecule has 1 aliphatic rings. The maximum atomic E-state index is 4.68. The van der Waals surface area contributed by atoms with Crippen LogP contribution in [0.15, 0.2) is 4.99 Å². The maximum Gasteiger partial charge on any atom is 0.191 e.